The first-order valence-corrected chi connectivity index (χ1v) is 10.9. The van der Waals surface area contributed by atoms with Crippen molar-refractivity contribution in [2.45, 2.75) is 33.2 Å². The molecule has 1 heterocycles. The maximum absolute atomic E-state index is 13.4. The van der Waals surface area contributed by atoms with E-state index in [0.717, 1.165) is 57.6 Å². The number of hydrogen-bond acceptors (Lipinski definition) is 5. The molecule has 0 bridgehead atoms. The zero-order chi connectivity index (χ0) is 21.0. The standard InChI is InChI=1S/C23H30N4OS.3ClH/c1-5-27(6-2)14-13-25-18-12-11-17(23(3,4)26-15-24)22-20(18)21(28)16-9-7-8-10-19(16)29-22;;;/h7-12,15,25H,5-6,13-14H2,1-4H3,(H2,24,26);3*1H. The molecular formula is C23H33Cl3N4OS. The molecule has 0 spiro atoms. The Morgan fingerprint density at radius 2 is 1.75 bits per heavy atom. The molecule has 3 aromatic rings. The van der Waals surface area contributed by atoms with Crippen molar-refractivity contribution in [2.75, 3.05) is 31.5 Å². The van der Waals surface area contributed by atoms with E-state index in [9.17, 15) is 4.79 Å². The Labute approximate surface area is 212 Å². The molecule has 0 aliphatic carbocycles. The maximum atomic E-state index is 13.4. The van der Waals surface area contributed by atoms with E-state index >= 15 is 0 Å². The number of rotatable bonds is 8. The van der Waals surface area contributed by atoms with Gasteiger partial charge in [-0.05, 0) is 50.7 Å². The van der Waals surface area contributed by atoms with Gasteiger partial charge in [0, 0.05) is 33.6 Å². The summed E-state index contributed by atoms with van der Waals surface area (Å²) in [5, 5.41) is 5.00. The molecule has 0 atom stereocenters. The molecule has 9 heteroatoms. The summed E-state index contributed by atoms with van der Waals surface area (Å²) in [6.07, 6.45) is 1.34. The van der Waals surface area contributed by atoms with Gasteiger partial charge in [-0.15, -0.1) is 48.6 Å². The van der Waals surface area contributed by atoms with Gasteiger partial charge in [0.15, 0.2) is 5.43 Å². The summed E-state index contributed by atoms with van der Waals surface area (Å²) in [6, 6.07) is 11.9. The van der Waals surface area contributed by atoms with Crippen molar-refractivity contribution >= 4 is 80.8 Å². The lowest BCUT2D eigenvalue weighted by Gasteiger charge is -2.23. The minimum absolute atomic E-state index is 0. The van der Waals surface area contributed by atoms with Crippen LogP contribution in [0.25, 0.3) is 20.2 Å². The van der Waals surface area contributed by atoms with Gasteiger partial charge in [0.25, 0.3) is 0 Å². The Bertz CT molecular complexity index is 1100. The normalized spacial score (nSPS) is 11.3. The topological polar surface area (TPSA) is 70.7 Å². The number of nitrogens with two attached hydrogens (primary N) is 1. The lowest BCUT2D eigenvalue weighted by molar-refractivity contribution is 0.316. The van der Waals surface area contributed by atoms with Crippen LogP contribution >= 0.6 is 48.6 Å². The molecule has 3 rings (SSSR count). The van der Waals surface area contributed by atoms with Gasteiger partial charge in [0.05, 0.1) is 17.3 Å². The quantitative estimate of drug-likeness (QED) is 0.229. The summed E-state index contributed by atoms with van der Waals surface area (Å²) in [5.74, 6) is 0. The van der Waals surface area contributed by atoms with Crippen LogP contribution in [0.15, 0.2) is 46.2 Å². The SMILES string of the molecule is CCN(CC)CCNc1ccc(C(C)(C)N=CN)c2sc3ccccc3c(=O)c12.Cl.Cl.Cl. The molecule has 0 saturated heterocycles. The molecule has 2 aromatic carbocycles. The van der Waals surface area contributed by atoms with Crippen LogP contribution in [0.3, 0.4) is 0 Å². The summed E-state index contributed by atoms with van der Waals surface area (Å²) in [4.78, 5) is 20.3. The second-order valence-corrected chi connectivity index (χ2v) is 8.64. The smallest absolute Gasteiger partial charge is 0.197 e. The molecule has 0 unspecified atom stereocenters. The van der Waals surface area contributed by atoms with Crippen LogP contribution in [-0.4, -0.2) is 37.4 Å². The fourth-order valence-electron chi connectivity index (χ4n) is 3.68. The zero-order valence-electron chi connectivity index (χ0n) is 18.9. The number of halogens is 3. The maximum Gasteiger partial charge on any atom is 0.197 e. The third kappa shape index (κ3) is 6.27. The molecule has 0 aliphatic heterocycles. The van der Waals surface area contributed by atoms with Crippen molar-refractivity contribution in [1.82, 2.24) is 4.90 Å². The van der Waals surface area contributed by atoms with Gasteiger partial charge in [-0.2, -0.15) is 0 Å². The fraction of sp³-hybridized carbons (Fsp3) is 0.391. The molecule has 0 fully saturated rings. The lowest BCUT2D eigenvalue weighted by Crippen LogP contribution is -2.28. The van der Waals surface area contributed by atoms with E-state index in [1.165, 1.54) is 6.34 Å². The molecule has 32 heavy (non-hydrogen) atoms. The van der Waals surface area contributed by atoms with Crippen LogP contribution in [0.5, 0.6) is 0 Å². The first kappa shape index (κ1) is 30.4. The monoisotopic (exact) mass is 518 g/mol. The molecule has 178 valence electrons. The Balaban J connectivity index is 0.00000320. The first-order chi connectivity index (χ1) is 13.9. The number of nitrogens with zero attached hydrogens (tertiary/aromatic N) is 2. The van der Waals surface area contributed by atoms with E-state index in [-0.39, 0.29) is 42.6 Å². The van der Waals surface area contributed by atoms with Gasteiger partial charge in [-0.3, -0.25) is 9.79 Å². The van der Waals surface area contributed by atoms with Gasteiger partial charge < -0.3 is 16.0 Å². The number of likely N-dealkylation sites (N-methyl/N-ethyl adjacent to an activating group) is 1. The summed E-state index contributed by atoms with van der Waals surface area (Å²) in [6.45, 7) is 12.1. The predicted octanol–water partition coefficient (Wildman–Crippen LogP) is 5.66. The van der Waals surface area contributed by atoms with Crippen LogP contribution in [0, 0.1) is 0 Å². The third-order valence-electron chi connectivity index (χ3n) is 5.42. The third-order valence-corrected chi connectivity index (χ3v) is 6.63. The second kappa shape index (κ2) is 13.2. The largest absolute Gasteiger partial charge is 0.390 e. The first-order valence-electron chi connectivity index (χ1n) is 10.1. The Kier molecular flexibility index (Phi) is 12.6. The minimum Gasteiger partial charge on any atom is -0.390 e. The molecule has 1 aromatic heterocycles. The number of anilines is 1. The Morgan fingerprint density at radius 1 is 1.09 bits per heavy atom. The number of fused-ring (bicyclic) bond motifs is 2. The number of benzene rings is 2. The van der Waals surface area contributed by atoms with Crippen LogP contribution in [0.1, 0.15) is 33.3 Å². The summed E-state index contributed by atoms with van der Waals surface area (Å²) >= 11 is 1.64. The van der Waals surface area contributed by atoms with Crippen molar-refractivity contribution in [2.24, 2.45) is 10.7 Å². The molecule has 0 saturated carbocycles. The molecule has 3 N–H and O–H groups in total. The van der Waals surface area contributed by atoms with Gasteiger partial charge in [-0.25, -0.2) is 0 Å². The van der Waals surface area contributed by atoms with E-state index in [1.807, 2.05) is 44.2 Å². The van der Waals surface area contributed by atoms with Crippen molar-refractivity contribution in [3.8, 4) is 0 Å². The average molecular weight is 520 g/mol. The van der Waals surface area contributed by atoms with E-state index in [0.29, 0.717) is 0 Å². The van der Waals surface area contributed by atoms with E-state index in [4.69, 9.17) is 5.73 Å². The van der Waals surface area contributed by atoms with E-state index < -0.39 is 5.54 Å². The average Bonchev–Trinajstić information content (AvgIpc) is 2.71. The predicted molar refractivity (Wildman–Crippen MR) is 149 cm³/mol. The van der Waals surface area contributed by atoms with Gasteiger partial charge >= 0.3 is 0 Å². The minimum atomic E-state index is -0.516. The van der Waals surface area contributed by atoms with Crippen LogP contribution < -0.4 is 16.5 Å². The number of nitrogens with one attached hydrogen (secondary N) is 1. The molecule has 0 aliphatic rings. The van der Waals surface area contributed by atoms with Crippen LogP contribution in [0.2, 0.25) is 0 Å². The number of aliphatic imine (C=N–C) groups is 1. The van der Waals surface area contributed by atoms with Gasteiger partial charge in [0.1, 0.15) is 0 Å². The highest BCUT2D eigenvalue weighted by Gasteiger charge is 2.24. The summed E-state index contributed by atoms with van der Waals surface area (Å²) < 4.78 is 1.95. The number of hydrogen-bond donors (Lipinski definition) is 2. The van der Waals surface area contributed by atoms with Crippen LogP contribution in [-0.2, 0) is 5.54 Å². The van der Waals surface area contributed by atoms with Gasteiger partial charge in [0.2, 0.25) is 0 Å². The highest BCUT2D eigenvalue weighted by Crippen LogP contribution is 2.38. The fourth-order valence-corrected chi connectivity index (χ4v) is 5.05. The van der Waals surface area contributed by atoms with E-state index in [2.05, 4.69) is 35.1 Å². The van der Waals surface area contributed by atoms with Crippen molar-refractivity contribution < 1.29 is 0 Å². The molecule has 5 nitrogen and oxygen atoms in total. The van der Waals surface area contributed by atoms with Crippen LogP contribution in [0.4, 0.5) is 5.69 Å². The highest BCUT2D eigenvalue weighted by molar-refractivity contribution is 7.24. The van der Waals surface area contributed by atoms with E-state index in [1.54, 1.807) is 11.3 Å². The van der Waals surface area contributed by atoms with Crippen molar-refractivity contribution in [3.63, 3.8) is 0 Å². The summed E-state index contributed by atoms with van der Waals surface area (Å²) in [7, 11) is 0. The molecule has 0 amide bonds. The molecular weight excluding hydrogens is 487 g/mol. The zero-order valence-corrected chi connectivity index (χ0v) is 22.1. The molecule has 0 radical (unpaired) electrons. The second-order valence-electron chi connectivity index (χ2n) is 7.58. The summed E-state index contributed by atoms with van der Waals surface area (Å²) in [5.41, 5.74) is 7.04. The highest BCUT2D eigenvalue weighted by atomic mass is 35.5. The van der Waals surface area contributed by atoms with Crippen molar-refractivity contribution in [3.05, 3.63) is 52.2 Å². The lowest BCUT2D eigenvalue weighted by atomic mass is 9.93. The van der Waals surface area contributed by atoms with Gasteiger partial charge in [-0.1, -0.05) is 32.0 Å². The Hall–Kier alpha value is -1.57. The van der Waals surface area contributed by atoms with Crippen molar-refractivity contribution in [1.29, 1.82) is 0 Å². The Morgan fingerprint density at radius 3 is 2.38 bits per heavy atom.